The average Bonchev–Trinajstić information content (AvgIpc) is 2.45. The highest BCUT2D eigenvalue weighted by atomic mass is 35.5. The Kier molecular flexibility index (Phi) is 7.40. The Bertz CT molecular complexity index is 327. The molecule has 2 aliphatic heterocycles. The van der Waals surface area contributed by atoms with Crippen molar-refractivity contribution in [3.05, 3.63) is 0 Å². The molecule has 0 saturated carbocycles. The van der Waals surface area contributed by atoms with E-state index in [1.54, 1.807) is 0 Å². The van der Waals surface area contributed by atoms with Gasteiger partial charge in [-0.25, -0.2) is 0 Å². The molecule has 0 radical (unpaired) electrons. The highest BCUT2D eigenvalue weighted by molar-refractivity contribution is 5.85. The predicted molar refractivity (Wildman–Crippen MR) is 84.8 cm³/mol. The van der Waals surface area contributed by atoms with E-state index in [4.69, 9.17) is 9.47 Å². The fraction of sp³-hybridized carbons (Fsp3) is 0.933. The molecule has 2 heterocycles. The van der Waals surface area contributed by atoms with Crippen molar-refractivity contribution in [3.8, 4) is 0 Å². The summed E-state index contributed by atoms with van der Waals surface area (Å²) in [5.41, 5.74) is 0.110. The van der Waals surface area contributed by atoms with Crippen LogP contribution in [0.3, 0.4) is 0 Å². The summed E-state index contributed by atoms with van der Waals surface area (Å²) in [4.78, 5) is 12.1. The van der Waals surface area contributed by atoms with Gasteiger partial charge in [0, 0.05) is 32.2 Å². The zero-order valence-corrected chi connectivity index (χ0v) is 14.1. The molecule has 6 heteroatoms. The van der Waals surface area contributed by atoms with E-state index in [9.17, 15) is 4.79 Å². The molecule has 0 aliphatic carbocycles. The van der Waals surface area contributed by atoms with Crippen LogP contribution in [0.5, 0.6) is 0 Å². The van der Waals surface area contributed by atoms with Crippen molar-refractivity contribution in [1.29, 1.82) is 0 Å². The van der Waals surface area contributed by atoms with E-state index in [2.05, 4.69) is 31.4 Å². The Morgan fingerprint density at radius 1 is 1.29 bits per heavy atom. The number of ether oxygens (including phenoxy) is 2. The van der Waals surface area contributed by atoms with Crippen molar-refractivity contribution in [3.63, 3.8) is 0 Å². The van der Waals surface area contributed by atoms with Crippen LogP contribution in [-0.2, 0) is 14.3 Å². The number of nitrogens with one attached hydrogen (secondary N) is 2. The second kappa shape index (κ2) is 8.32. The third kappa shape index (κ3) is 5.40. The fourth-order valence-corrected chi connectivity index (χ4v) is 3.09. The number of carbonyl (C=O) groups is 1. The highest BCUT2D eigenvalue weighted by Crippen LogP contribution is 2.33. The SMILES string of the molecule is CC(C)(C)C1OCCCC1CNC(=O)C1CNCCO1.Cl. The molecule has 0 aromatic heterocycles. The minimum absolute atomic E-state index is 0. The van der Waals surface area contributed by atoms with E-state index in [1.807, 2.05) is 0 Å². The van der Waals surface area contributed by atoms with Gasteiger partial charge in [0.2, 0.25) is 5.91 Å². The Labute approximate surface area is 133 Å². The Balaban J connectivity index is 0.00000220. The molecule has 0 aromatic carbocycles. The van der Waals surface area contributed by atoms with Gasteiger partial charge >= 0.3 is 0 Å². The maximum atomic E-state index is 12.1. The van der Waals surface area contributed by atoms with Crippen LogP contribution in [-0.4, -0.2) is 51.0 Å². The lowest BCUT2D eigenvalue weighted by Gasteiger charge is -2.40. The monoisotopic (exact) mass is 320 g/mol. The van der Waals surface area contributed by atoms with Crippen molar-refractivity contribution in [2.45, 2.75) is 45.8 Å². The first-order chi connectivity index (χ1) is 9.48. The van der Waals surface area contributed by atoms with Gasteiger partial charge in [0.15, 0.2) is 0 Å². The molecule has 2 fully saturated rings. The molecular weight excluding hydrogens is 292 g/mol. The number of amides is 1. The van der Waals surface area contributed by atoms with Crippen LogP contribution in [0.15, 0.2) is 0 Å². The molecule has 1 amide bonds. The fourth-order valence-electron chi connectivity index (χ4n) is 3.09. The van der Waals surface area contributed by atoms with E-state index in [-0.39, 0.29) is 35.9 Å². The Hall–Kier alpha value is -0.360. The second-order valence-electron chi connectivity index (χ2n) is 6.87. The molecule has 2 saturated heterocycles. The minimum atomic E-state index is -0.346. The standard InChI is InChI=1S/C15H28N2O3.ClH/c1-15(2,3)13-11(5-4-7-20-13)9-17-14(18)12-10-16-6-8-19-12;/h11-13,16H,4-10H2,1-3H3,(H,17,18);1H. The van der Waals surface area contributed by atoms with Crippen LogP contribution in [0, 0.1) is 11.3 Å². The van der Waals surface area contributed by atoms with E-state index in [0.717, 1.165) is 26.0 Å². The van der Waals surface area contributed by atoms with Crippen molar-refractivity contribution in [2.24, 2.45) is 11.3 Å². The van der Waals surface area contributed by atoms with Crippen molar-refractivity contribution < 1.29 is 14.3 Å². The summed E-state index contributed by atoms with van der Waals surface area (Å²) in [5, 5.41) is 6.22. The zero-order chi connectivity index (χ0) is 14.6. The van der Waals surface area contributed by atoms with Gasteiger partial charge < -0.3 is 20.1 Å². The third-order valence-corrected chi connectivity index (χ3v) is 4.06. The number of hydrogen-bond acceptors (Lipinski definition) is 4. The van der Waals surface area contributed by atoms with Crippen LogP contribution in [0.4, 0.5) is 0 Å². The smallest absolute Gasteiger partial charge is 0.250 e. The number of halogens is 1. The first-order valence-electron chi connectivity index (χ1n) is 7.70. The summed E-state index contributed by atoms with van der Waals surface area (Å²) in [6.07, 6.45) is 2.06. The van der Waals surface area contributed by atoms with E-state index in [1.165, 1.54) is 0 Å². The molecule has 2 rings (SSSR count). The summed E-state index contributed by atoms with van der Waals surface area (Å²) < 4.78 is 11.4. The van der Waals surface area contributed by atoms with Crippen molar-refractivity contribution >= 4 is 18.3 Å². The minimum Gasteiger partial charge on any atom is -0.377 e. The molecule has 3 unspecified atom stereocenters. The summed E-state index contributed by atoms with van der Waals surface area (Å²) in [7, 11) is 0. The van der Waals surface area contributed by atoms with Crippen molar-refractivity contribution in [1.82, 2.24) is 10.6 Å². The van der Waals surface area contributed by atoms with E-state index >= 15 is 0 Å². The number of carbonyl (C=O) groups excluding carboxylic acids is 1. The predicted octanol–water partition coefficient (Wildman–Crippen LogP) is 1.35. The van der Waals surface area contributed by atoms with Crippen LogP contribution in [0.25, 0.3) is 0 Å². The zero-order valence-electron chi connectivity index (χ0n) is 13.3. The first kappa shape index (κ1) is 18.7. The molecule has 0 aromatic rings. The van der Waals surface area contributed by atoms with Gasteiger partial charge in [-0.1, -0.05) is 20.8 Å². The maximum Gasteiger partial charge on any atom is 0.250 e. The normalized spacial score (nSPS) is 30.3. The van der Waals surface area contributed by atoms with Gasteiger partial charge in [0.25, 0.3) is 0 Å². The quantitative estimate of drug-likeness (QED) is 0.824. The maximum absolute atomic E-state index is 12.1. The number of rotatable bonds is 3. The van der Waals surface area contributed by atoms with E-state index < -0.39 is 0 Å². The molecule has 2 N–H and O–H groups in total. The summed E-state index contributed by atoms with van der Waals surface area (Å²) in [6.45, 7) is 10.2. The third-order valence-electron chi connectivity index (χ3n) is 4.06. The molecular formula is C15H29ClN2O3. The van der Waals surface area contributed by atoms with Gasteiger partial charge in [-0.15, -0.1) is 12.4 Å². The summed E-state index contributed by atoms with van der Waals surface area (Å²) >= 11 is 0. The second-order valence-corrected chi connectivity index (χ2v) is 6.87. The molecule has 0 spiro atoms. The molecule has 21 heavy (non-hydrogen) atoms. The molecule has 2 aliphatic rings. The lowest BCUT2D eigenvalue weighted by atomic mass is 9.78. The van der Waals surface area contributed by atoms with Crippen LogP contribution in [0.1, 0.15) is 33.6 Å². The Morgan fingerprint density at radius 2 is 2.05 bits per heavy atom. The number of morpholine rings is 1. The van der Waals surface area contributed by atoms with Gasteiger partial charge in [-0.2, -0.15) is 0 Å². The van der Waals surface area contributed by atoms with Gasteiger partial charge in [0.05, 0.1) is 12.7 Å². The lowest BCUT2D eigenvalue weighted by molar-refractivity contribution is -0.135. The topological polar surface area (TPSA) is 59.6 Å². The Morgan fingerprint density at radius 3 is 2.67 bits per heavy atom. The summed E-state index contributed by atoms with van der Waals surface area (Å²) in [6, 6.07) is 0. The van der Waals surface area contributed by atoms with Crippen molar-refractivity contribution in [2.75, 3.05) is 32.8 Å². The molecule has 0 bridgehead atoms. The molecule has 3 atom stereocenters. The molecule has 5 nitrogen and oxygen atoms in total. The highest BCUT2D eigenvalue weighted by Gasteiger charge is 2.35. The average molecular weight is 321 g/mol. The van der Waals surface area contributed by atoms with E-state index in [0.29, 0.717) is 25.6 Å². The van der Waals surface area contributed by atoms with Gasteiger partial charge in [-0.05, 0) is 18.3 Å². The van der Waals surface area contributed by atoms with Gasteiger partial charge in [-0.3, -0.25) is 4.79 Å². The lowest BCUT2D eigenvalue weighted by Crippen LogP contribution is -2.51. The van der Waals surface area contributed by atoms with Gasteiger partial charge in [0.1, 0.15) is 6.10 Å². The summed E-state index contributed by atoms with van der Waals surface area (Å²) in [5.74, 6) is 0.389. The first-order valence-corrected chi connectivity index (χ1v) is 7.70. The van der Waals surface area contributed by atoms with Crippen LogP contribution < -0.4 is 10.6 Å². The van der Waals surface area contributed by atoms with Crippen LogP contribution >= 0.6 is 12.4 Å². The largest absolute Gasteiger partial charge is 0.377 e. The number of hydrogen-bond donors (Lipinski definition) is 2. The molecule has 124 valence electrons. The van der Waals surface area contributed by atoms with Crippen LogP contribution in [0.2, 0.25) is 0 Å².